The zero-order valence-corrected chi connectivity index (χ0v) is 11.5. The topological polar surface area (TPSA) is 13.1 Å². The normalized spacial score (nSPS) is 9.81. The second kappa shape index (κ2) is 5.85. The molecule has 2 rings (SSSR count). The molecule has 0 aliphatic carbocycles. The fourth-order valence-corrected chi connectivity index (χ4v) is 2.82. The average molecular weight is 238 g/mol. The smallest absolute Gasteiger partial charge is 0.235 e. The molecule has 16 heavy (non-hydrogen) atoms. The minimum Gasteiger partial charge on any atom is -0.497 e. The first kappa shape index (κ1) is 13.0. The molecule has 1 aromatic heterocycles. The summed E-state index contributed by atoms with van der Waals surface area (Å²) in [5.41, 5.74) is 1.30. The van der Waals surface area contributed by atoms with Crippen LogP contribution in [0, 0.1) is 6.92 Å². The first-order chi connectivity index (χ1) is 7.76. The Morgan fingerprint density at radius 2 is 2.00 bits per heavy atom. The number of fused-ring (bicyclic) bond motifs is 1. The molecule has 2 nitrogen and oxygen atoms in total. The summed E-state index contributed by atoms with van der Waals surface area (Å²) in [7, 11) is 1.70. The van der Waals surface area contributed by atoms with Crippen LogP contribution >= 0.6 is 11.3 Å². The van der Waals surface area contributed by atoms with Crippen LogP contribution in [-0.2, 0) is 6.54 Å². The summed E-state index contributed by atoms with van der Waals surface area (Å²) in [5, 5.41) is 1.34. The van der Waals surface area contributed by atoms with Crippen LogP contribution < -0.4 is 9.30 Å². The van der Waals surface area contributed by atoms with E-state index in [9.17, 15) is 0 Å². The van der Waals surface area contributed by atoms with Crippen LogP contribution in [0.15, 0.2) is 18.2 Å². The number of thiazole rings is 1. The summed E-state index contributed by atoms with van der Waals surface area (Å²) in [6, 6.07) is 6.24. The summed E-state index contributed by atoms with van der Waals surface area (Å²) in [5.74, 6) is 0.932. The molecule has 0 radical (unpaired) electrons. The number of ether oxygens (including phenoxy) is 1. The third-order valence-corrected chi connectivity index (χ3v) is 3.47. The van der Waals surface area contributed by atoms with Gasteiger partial charge in [-0.3, -0.25) is 0 Å². The van der Waals surface area contributed by atoms with E-state index in [4.69, 9.17) is 4.74 Å². The largest absolute Gasteiger partial charge is 0.497 e. The van der Waals surface area contributed by atoms with Gasteiger partial charge in [-0.2, -0.15) is 4.57 Å². The number of methoxy groups -OCH3 is 1. The van der Waals surface area contributed by atoms with Gasteiger partial charge >= 0.3 is 0 Å². The highest BCUT2D eigenvalue weighted by atomic mass is 32.1. The molecule has 0 atom stereocenters. The molecule has 0 saturated heterocycles. The molecule has 0 fully saturated rings. The van der Waals surface area contributed by atoms with Crippen LogP contribution in [0.1, 0.15) is 25.8 Å². The molecule has 0 saturated carbocycles. The monoisotopic (exact) mass is 238 g/mol. The Bertz CT molecular complexity index is 462. The fourth-order valence-electron chi connectivity index (χ4n) is 1.70. The van der Waals surface area contributed by atoms with E-state index in [0.29, 0.717) is 0 Å². The maximum atomic E-state index is 5.20. The average Bonchev–Trinajstić information content (AvgIpc) is 2.65. The van der Waals surface area contributed by atoms with Crippen LogP contribution in [0.25, 0.3) is 10.2 Å². The molecule has 2 aromatic rings. The number of aromatic nitrogens is 1. The standard InChI is InChI=1S/C11H14NOS.C2H6/c1-4-12-8(2)14-11-7-9(13-3)5-6-10(11)12;1-2/h5-7H,4H2,1-3H3;1-2H3/q+1;. The molecule has 0 spiro atoms. The van der Waals surface area contributed by atoms with E-state index >= 15 is 0 Å². The molecule has 0 aliphatic heterocycles. The first-order valence-corrected chi connectivity index (χ1v) is 6.55. The van der Waals surface area contributed by atoms with E-state index in [1.165, 1.54) is 15.2 Å². The van der Waals surface area contributed by atoms with Gasteiger partial charge in [0.15, 0.2) is 0 Å². The number of hydrogen-bond acceptors (Lipinski definition) is 2. The second-order valence-corrected chi connectivity index (χ2v) is 4.43. The Morgan fingerprint density at radius 1 is 1.31 bits per heavy atom. The van der Waals surface area contributed by atoms with E-state index in [1.54, 1.807) is 7.11 Å². The second-order valence-electron chi connectivity index (χ2n) is 3.20. The summed E-state index contributed by atoms with van der Waals surface area (Å²) < 4.78 is 8.82. The molecule has 0 unspecified atom stereocenters. The fraction of sp³-hybridized carbons (Fsp3) is 0.462. The molecular weight excluding hydrogens is 218 g/mol. The summed E-state index contributed by atoms with van der Waals surface area (Å²) in [4.78, 5) is 0. The number of aryl methyl sites for hydroxylation is 2. The molecule has 88 valence electrons. The van der Waals surface area contributed by atoms with Crippen molar-refractivity contribution < 1.29 is 9.30 Å². The highest BCUT2D eigenvalue weighted by Gasteiger charge is 2.15. The third kappa shape index (κ3) is 2.35. The first-order valence-electron chi connectivity index (χ1n) is 5.73. The van der Waals surface area contributed by atoms with Crippen molar-refractivity contribution in [3.8, 4) is 5.75 Å². The third-order valence-electron chi connectivity index (χ3n) is 2.41. The summed E-state index contributed by atoms with van der Waals surface area (Å²) >= 11 is 1.82. The van der Waals surface area contributed by atoms with Gasteiger partial charge in [-0.05, 0) is 13.0 Å². The maximum Gasteiger partial charge on any atom is 0.235 e. The van der Waals surface area contributed by atoms with Gasteiger partial charge in [0, 0.05) is 19.1 Å². The van der Waals surface area contributed by atoms with Crippen molar-refractivity contribution in [1.29, 1.82) is 0 Å². The molecule has 0 N–H and O–H groups in total. The minimum absolute atomic E-state index is 0.932. The van der Waals surface area contributed by atoms with Gasteiger partial charge in [0.2, 0.25) is 10.5 Å². The Balaban J connectivity index is 0.000000606. The van der Waals surface area contributed by atoms with Gasteiger partial charge in [0.1, 0.15) is 17.0 Å². The minimum atomic E-state index is 0.932. The lowest BCUT2D eigenvalue weighted by atomic mass is 10.3. The van der Waals surface area contributed by atoms with E-state index in [1.807, 2.05) is 31.3 Å². The zero-order chi connectivity index (χ0) is 12.1. The lowest BCUT2D eigenvalue weighted by molar-refractivity contribution is -0.669. The van der Waals surface area contributed by atoms with Crippen molar-refractivity contribution in [2.45, 2.75) is 34.2 Å². The van der Waals surface area contributed by atoms with E-state index in [2.05, 4.69) is 30.5 Å². The van der Waals surface area contributed by atoms with E-state index < -0.39 is 0 Å². The van der Waals surface area contributed by atoms with Gasteiger partial charge < -0.3 is 4.74 Å². The predicted octanol–water partition coefficient (Wildman–Crippen LogP) is 3.55. The summed E-state index contributed by atoms with van der Waals surface area (Å²) in [6.07, 6.45) is 0. The lowest BCUT2D eigenvalue weighted by Gasteiger charge is -1.96. The number of benzene rings is 1. The van der Waals surface area contributed by atoms with Crippen LogP contribution in [0.3, 0.4) is 0 Å². The van der Waals surface area contributed by atoms with Crippen molar-refractivity contribution in [2.24, 2.45) is 0 Å². The van der Waals surface area contributed by atoms with Crippen molar-refractivity contribution in [2.75, 3.05) is 7.11 Å². The van der Waals surface area contributed by atoms with Crippen LogP contribution in [0.2, 0.25) is 0 Å². The number of rotatable bonds is 2. The molecule has 1 heterocycles. The van der Waals surface area contributed by atoms with Crippen molar-refractivity contribution in [3.05, 3.63) is 23.2 Å². The SMILES string of the molecule is CC.CC[n+]1c(C)sc2cc(OC)ccc21. The van der Waals surface area contributed by atoms with Crippen LogP contribution in [-0.4, -0.2) is 7.11 Å². The zero-order valence-electron chi connectivity index (χ0n) is 10.7. The molecule has 0 amide bonds. The van der Waals surface area contributed by atoms with Gasteiger partial charge in [0.25, 0.3) is 0 Å². The van der Waals surface area contributed by atoms with Gasteiger partial charge in [-0.15, -0.1) is 0 Å². The van der Waals surface area contributed by atoms with Crippen LogP contribution in [0.4, 0.5) is 0 Å². The number of nitrogens with zero attached hydrogens (tertiary/aromatic N) is 1. The Morgan fingerprint density at radius 3 is 2.56 bits per heavy atom. The van der Waals surface area contributed by atoms with Crippen molar-refractivity contribution >= 4 is 21.6 Å². The molecule has 1 aromatic carbocycles. The van der Waals surface area contributed by atoms with Gasteiger partial charge in [0.05, 0.1) is 7.11 Å². The number of hydrogen-bond donors (Lipinski definition) is 0. The Labute approximate surface area is 101 Å². The van der Waals surface area contributed by atoms with Gasteiger partial charge in [-0.25, -0.2) is 0 Å². The van der Waals surface area contributed by atoms with Crippen molar-refractivity contribution in [1.82, 2.24) is 0 Å². The van der Waals surface area contributed by atoms with E-state index in [0.717, 1.165) is 12.3 Å². The quantitative estimate of drug-likeness (QED) is 0.729. The molecule has 0 bridgehead atoms. The van der Waals surface area contributed by atoms with Crippen molar-refractivity contribution in [3.63, 3.8) is 0 Å². The van der Waals surface area contributed by atoms with E-state index in [-0.39, 0.29) is 0 Å². The summed E-state index contributed by atoms with van der Waals surface area (Å²) in [6.45, 7) is 9.35. The molecular formula is C13H20NOS+. The maximum absolute atomic E-state index is 5.20. The molecule has 3 heteroatoms. The van der Waals surface area contributed by atoms with Crippen LogP contribution in [0.5, 0.6) is 5.75 Å². The Kier molecular flexibility index (Phi) is 4.74. The van der Waals surface area contributed by atoms with Gasteiger partial charge in [-0.1, -0.05) is 25.2 Å². The predicted molar refractivity (Wildman–Crippen MR) is 70.3 cm³/mol. The Hall–Kier alpha value is -1.09. The lowest BCUT2D eigenvalue weighted by Crippen LogP contribution is -2.33. The molecule has 0 aliphatic rings. The highest BCUT2D eigenvalue weighted by Crippen LogP contribution is 2.24. The highest BCUT2D eigenvalue weighted by molar-refractivity contribution is 7.18.